The maximum Gasteiger partial charge on any atom is 0.360 e. The summed E-state index contributed by atoms with van der Waals surface area (Å²) >= 11 is 0. The summed E-state index contributed by atoms with van der Waals surface area (Å²) in [5.74, 6) is 1.92. The van der Waals surface area contributed by atoms with Crippen LogP contribution in [-0.2, 0) is 11.3 Å². The van der Waals surface area contributed by atoms with E-state index < -0.39 is 6.48 Å². The summed E-state index contributed by atoms with van der Waals surface area (Å²) in [6.07, 6.45) is 0. The van der Waals surface area contributed by atoms with Gasteiger partial charge in [-0.1, -0.05) is 60.7 Å². The number of anilines is 1. The van der Waals surface area contributed by atoms with Crippen molar-refractivity contribution in [3.05, 3.63) is 84.4 Å². The van der Waals surface area contributed by atoms with Gasteiger partial charge in [0.25, 0.3) is 0 Å². The van der Waals surface area contributed by atoms with E-state index in [0.29, 0.717) is 29.5 Å². The van der Waals surface area contributed by atoms with E-state index in [1.54, 1.807) is 0 Å². The molecule has 1 atom stereocenters. The minimum Gasteiger partial charge on any atom is -0.488 e. The molecule has 0 bridgehead atoms. The third-order valence-electron chi connectivity index (χ3n) is 5.13. The molecule has 1 unspecified atom stereocenters. The molecular weight excluding hydrogens is 378 g/mol. The van der Waals surface area contributed by atoms with Crippen LogP contribution in [0, 0.1) is 0 Å². The minimum absolute atomic E-state index is 0.440. The van der Waals surface area contributed by atoms with E-state index >= 15 is 0 Å². The molecule has 5 nitrogen and oxygen atoms in total. The van der Waals surface area contributed by atoms with Crippen molar-refractivity contribution in [3.63, 3.8) is 0 Å². The molecule has 0 saturated carbocycles. The van der Waals surface area contributed by atoms with Crippen LogP contribution in [0.15, 0.2) is 78.9 Å². The molecule has 2 N–H and O–H groups in total. The normalized spacial score (nSPS) is 14.8. The molecule has 0 fully saturated rings. The van der Waals surface area contributed by atoms with Crippen molar-refractivity contribution in [2.24, 2.45) is 0 Å². The minimum atomic E-state index is -0.761. The SMILES string of the molecule is COC1Oc2cc3c(OCc4ccccc4)cc(N)c(-c4ccccc4)c3cc2O1. The van der Waals surface area contributed by atoms with Crippen LogP contribution in [0.25, 0.3) is 21.9 Å². The maximum absolute atomic E-state index is 6.51. The number of benzene rings is 4. The standard InChI is InChI=1S/C25H21NO4/c1-27-25-29-22-12-18-19(13-23(22)30-25)24(17-10-6-3-7-11-17)20(26)14-21(18)28-15-16-8-4-2-5-9-16/h2-14,25H,15,26H2,1H3. The molecule has 0 saturated heterocycles. The summed E-state index contributed by atoms with van der Waals surface area (Å²) < 4.78 is 22.8. The number of hydrogen-bond acceptors (Lipinski definition) is 5. The van der Waals surface area contributed by atoms with Gasteiger partial charge in [-0.05, 0) is 28.6 Å². The van der Waals surface area contributed by atoms with Gasteiger partial charge in [0.05, 0.1) is 0 Å². The Hall–Kier alpha value is -3.70. The van der Waals surface area contributed by atoms with Crippen LogP contribution >= 0.6 is 0 Å². The first-order valence-corrected chi connectivity index (χ1v) is 9.71. The van der Waals surface area contributed by atoms with Gasteiger partial charge in [0, 0.05) is 29.8 Å². The third-order valence-corrected chi connectivity index (χ3v) is 5.13. The first-order valence-electron chi connectivity index (χ1n) is 9.71. The van der Waals surface area contributed by atoms with Gasteiger partial charge in [-0.15, -0.1) is 0 Å². The van der Waals surface area contributed by atoms with Gasteiger partial charge in [0.2, 0.25) is 0 Å². The average molecular weight is 399 g/mol. The molecule has 1 aliphatic heterocycles. The molecule has 4 aromatic carbocycles. The van der Waals surface area contributed by atoms with Crippen LogP contribution in [0.2, 0.25) is 0 Å². The maximum atomic E-state index is 6.51. The van der Waals surface area contributed by atoms with E-state index in [2.05, 4.69) is 0 Å². The molecular formula is C25H21NO4. The first kappa shape index (κ1) is 18.3. The molecule has 150 valence electrons. The molecule has 0 amide bonds. The van der Waals surface area contributed by atoms with Gasteiger partial charge in [0.15, 0.2) is 11.5 Å². The van der Waals surface area contributed by atoms with E-state index in [1.165, 1.54) is 7.11 Å². The summed E-state index contributed by atoms with van der Waals surface area (Å²) in [5.41, 5.74) is 10.2. The lowest BCUT2D eigenvalue weighted by Crippen LogP contribution is -2.19. The molecule has 0 aromatic heterocycles. The highest BCUT2D eigenvalue weighted by Gasteiger charge is 2.26. The van der Waals surface area contributed by atoms with Crippen molar-refractivity contribution >= 4 is 16.5 Å². The quantitative estimate of drug-likeness (QED) is 0.457. The lowest BCUT2D eigenvalue weighted by molar-refractivity contribution is -0.157. The number of methoxy groups -OCH3 is 1. The zero-order valence-electron chi connectivity index (χ0n) is 16.5. The fourth-order valence-corrected chi connectivity index (χ4v) is 3.71. The second-order valence-electron chi connectivity index (χ2n) is 7.08. The topological polar surface area (TPSA) is 62.9 Å². The molecule has 5 rings (SSSR count). The highest BCUT2D eigenvalue weighted by Crippen LogP contribution is 2.46. The van der Waals surface area contributed by atoms with Crippen LogP contribution in [0.4, 0.5) is 5.69 Å². The van der Waals surface area contributed by atoms with Gasteiger partial charge in [-0.3, -0.25) is 0 Å². The molecule has 1 aliphatic rings. The molecule has 0 spiro atoms. The number of nitrogen functional groups attached to an aromatic ring is 1. The van der Waals surface area contributed by atoms with Crippen LogP contribution in [0.3, 0.4) is 0 Å². The Kier molecular flexibility index (Phi) is 4.65. The molecule has 5 heteroatoms. The Balaban J connectivity index is 1.66. The Morgan fingerprint density at radius 2 is 1.47 bits per heavy atom. The monoisotopic (exact) mass is 399 g/mol. The molecule has 0 radical (unpaired) electrons. The number of nitrogens with two attached hydrogens (primary N) is 1. The summed E-state index contributed by atoms with van der Waals surface area (Å²) in [4.78, 5) is 0. The van der Waals surface area contributed by atoms with Crippen LogP contribution in [-0.4, -0.2) is 13.6 Å². The first-order chi connectivity index (χ1) is 14.7. The van der Waals surface area contributed by atoms with Gasteiger partial charge < -0.3 is 24.7 Å². The van der Waals surface area contributed by atoms with Crippen molar-refractivity contribution in [1.82, 2.24) is 0 Å². The lowest BCUT2D eigenvalue weighted by Gasteiger charge is -2.16. The Morgan fingerprint density at radius 3 is 2.13 bits per heavy atom. The van der Waals surface area contributed by atoms with Gasteiger partial charge >= 0.3 is 6.48 Å². The summed E-state index contributed by atoms with van der Waals surface area (Å²) in [5, 5.41) is 1.83. The highest BCUT2D eigenvalue weighted by molar-refractivity contribution is 6.06. The van der Waals surface area contributed by atoms with Crippen LogP contribution in [0.1, 0.15) is 5.56 Å². The lowest BCUT2D eigenvalue weighted by atomic mass is 9.95. The third kappa shape index (κ3) is 3.29. The summed E-state index contributed by atoms with van der Waals surface area (Å²) in [7, 11) is 1.54. The van der Waals surface area contributed by atoms with Crippen LogP contribution in [0.5, 0.6) is 17.2 Å². The zero-order chi connectivity index (χ0) is 20.5. The van der Waals surface area contributed by atoms with E-state index in [0.717, 1.165) is 27.5 Å². The van der Waals surface area contributed by atoms with Crippen molar-refractivity contribution in [1.29, 1.82) is 0 Å². The second kappa shape index (κ2) is 7.61. The van der Waals surface area contributed by atoms with Gasteiger partial charge in [-0.2, -0.15) is 0 Å². The van der Waals surface area contributed by atoms with E-state index in [9.17, 15) is 0 Å². The summed E-state index contributed by atoms with van der Waals surface area (Å²) in [6.45, 7) is -0.321. The fraction of sp³-hybridized carbons (Fsp3) is 0.120. The van der Waals surface area contributed by atoms with Crippen LogP contribution < -0.4 is 19.9 Å². The van der Waals surface area contributed by atoms with Gasteiger partial charge in [-0.25, -0.2) is 0 Å². The number of fused-ring (bicyclic) bond motifs is 2. The predicted octanol–water partition coefficient (Wildman–Crippen LogP) is 5.37. The van der Waals surface area contributed by atoms with Crippen molar-refractivity contribution in [2.75, 3.05) is 12.8 Å². The van der Waals surface area contributed by atoms with E-state index in [1.807, 2.05) is 78.9 Å². The average Bonchev–Trinajstić information content (AvgIpc) is 3.20. The number of hydrogen-bond donors (Lipinski definition) is 1. The van der Waals surface area contributed by atoms with E-state index in [4.69, 9.17) is 24.7 Å². The second-order valence-corrected chi connectivity index (χ2v) is 7.08. The van der Waals surface area contributed by atoms with Crippen molar-refractivity contribution < 1.29 is 18.9 Å². The Labute approximate surface area is 174 Å². The van der Waals surface area contributed by atoms with E-state index in [-0.39, 0.29) is 0 Å². The largest absolute Gasteiger partial charge is 0.488 e. The number of rotatable bonds is 5. The molecule has 4 aromatic rings. The fourth-order valence-electron chi connectivity index (χ4n) is 3.71. The smallest absolute Gasteiger partial charge is 0.360 e. The van der Waals surface area contributed by atoms with Gasteiger partial charge in [0.1, 0.15) is 12.4 Å². The molecule has 30 heavy (non-hydrogen) atoms. The summed E-state index contributed by atoms with van der Waals surface area (Å²) in [6, 6.07) is 25.8. The molecule has 1 heterocycles. The van der Waals surface area contributed by atoms with Crippen molar-refractivity contribution in [2.45, 2.75) is 13.1 Å². The van der Waals surface area contributed by atoms with Crippen molar-refractivity contribution in [3.8, 4) is 28.4 Å². The number of ether oxygens (including phenoxy) is 4. The molecule has 0 aliphatic carbocycles. The zero-order valence-corrected chi connectivity index (χ0v) is 16.5. The Bertz CT molecular complexity index is 1190. The predicted molar refractivity (Wildman–Crippen MR) is 117 cm³/mol. The highest BCUT2D eigenvalue weighted by atomic mass is 16.9. The Morgan fingerprint density at radius 1 is 0.833 bits per heavy atom.